The standard InChI is InChI=1S/C24H26N4O2/c1-15-8-10-26-21(11-15)27-23(30)28-16(2)12-17(18-7-5-6-9-25-18)22-19(28)13-24(3,4)14-20(22)29/h5-12,17H,13-14H2,1-4H3,(H,26,27,30). The number of rotatable bonds is 2. The fourth-order valence-corrected chi connectivity index (χ4v) is 4.31. The van der Waals surface area contributed by atoms with E-state index in [9.17, 15) is 9.59 Å². The summed E-state index contributed by atoms with van der Waals surface area (Å²) in [6.07, 6.45) is 6.45. The first kappa shape index (κ1) is 20.0. The molecule has 30 heavy (non-hydrogen) atoms. The third-order valence-electron chi connectivity index (χ3n) is 5.60. The zero-order valence-electron chi connectivity index (χ0n) is 17.8. The number of carbonyl (C=O) groups is 2. The monoisotopic (exact) mass is 402 g/mol. The van der Waals surface area contributed by atoms with E-state index in [0.717, 1.165) is 22.7 Å². The molecule has 1 unspecified atom stereocenters. The van der Waals surface area contributed by atoms with Crippen LogP contribution in [0.3, 0.4) is 0 Å². The minimum absolute atomic E-state index is 0.0760. The van der Waals surface area contributed by atoms with Gasteiger partial charge in [-0.3, -0.25) is 20.0 Å². The second kappa shape index (κ2) is 7.52. The number of anilines is 1. The molecule has 0 fully saturated rings. The van der Waals surface area contributed by atoms with Crippen molar-refractivity contribution in [2.75, 3.05) is 5.32 Å². The third-order valence-corrected chi connectivity index (χ3v) is 5.60. The molecule has 6 nitrogen and oxygen atoms in total. The second-order valence-corrected chi connectivity index (χ2v) is 8.83. The largest absolute Gasteiger partial charge is 0.331 e. The first-order valence-electron chi connectivity index (χ1n) is 10.1. The van der Waals surface area contributed by atoms with Crippen LogP contribution in [0.25, 0.3) is 0 Å². The van der Waals surface area contributed by atoms with Gasteiger partial charge in [0.1, 0.15) is 5.82 Å². The molecule has 2 amide bonds. The fourth-order valence-electron chi connectivity index (χ4n) is 4.31. The van der Waals surface area contributed by atoms with Gasteiger partial charge in [-0.15, -0.1) is 0 Å². The predicted octanol–water partition coefficient (Wildman–Crippen LogP) is 4.96. The van der Waals surface area contributed by atoms with E-state index < -0.39 is 0 Å². The van der Waals surface area contributed by atoms with E-state index in [4.69, 9.17) is 0 Å². The number of pyridine rings is 2. The molecule has 6 heteroatoms. The number of carbonyl (C=O) groups excluding carboxylic acids is 2. The number of nitrogens with zero attached hydrogens (tertiary/aromatic N) is 3. The SMILES string of the molecule is CC1=CC(c2ccccn2)C2=C(CC(C)(C)CC2=O)N1C(=O)Nc1cc(C)ccn1. The lowest BCUT2D eigenvalue weighted by Crippen LogP contribution is -2.42. The molecular formula is C24H26N4O2. The fraction of sp³-hybridized carbons (Fsp3) is 0.333. The Labute approximate surface area is 176 Å². The highest BCUT2D eigenvalue weighted by Crippen LogP contribution is 2.46. The van der Waals surface area contributed by atoms with Gasteiger partial charge in [-0.05, 0) is 55.5 Å². The lowest BCUT2D eigenvalue weighted by atomic mass is 9.71. The lowest BCUT2D eigenvalue weighted by molar-refractivity contribution is -0.118. The molecule has 1 aliphatic carbocycles. The average molecular weight is 402 g/mol. The lowest BCUT2D eigenvalue weighted by Gasteiger charge is -2.41. The Morgan fingerprint density at radius 3 is 2.63 bits per heavy atom. The minimum atomic E-state index is -0.306. The van der Waals surface area contributed by atoms with Gasteiger partial charge in [0.05, 0.1) is 11.6 Å². The van der Waals surface area contributed by atoms with Crippen LogP contribution in [0.1, 0.15) is 50.8 Å². The number of aryl methyl sites for hydroxylation is 1. The Morgan fingerprint density at radius 2 is 1.93 bits per heavy atom. The summed E-state index contributed by atoms with van der Waals surface area (Å²) >= 11 is 0. The molecule has 0 radical (unpaired) electrons. The van der Waals surface area contributed by atoms with Crippen molar-refractivity contribution >= 4 is 17.6 Å². The maximum atomic E-state index is 13.3. The van der Waals surface area contributed by atoms with E-state index in [2.05, 4.69) is 29.1 Å². The quantitative estimate of drug-likeness (QED) is 0.770. The Kier molecular flexibility index (Phi) is 5.02. The zero-order chi connectivity index (χ0) is 21.5. The van der Waals surface area contributed by atoms with E-state index in [1.807, 2.05) is 50.3 Å². The topological polar surface area (TPSA) is 75.2 Å². The molecule has 1 N–H and O–H groups in total. The molecule has 0 aromatic carbocycles. The molecule has 3 heterocycles. The number of aromatic nitrogens is 2. The van der Waals surface area contributed by atoms with Crippen LogP contribution in [0.4, 0.5) is 10.6 Å². The Balaban J connectivity index is 1.77. The number of urea groups is 1. The van der Waals surface area contributed by atoms with Crippen LogP contribution in [0.15, 0.2) is 65.8 Å². The molecule has 2 aliphatic rings. The van der Waals surface area contributed by atoms with Crippen LogP contribution in [-0.4, -0.2) is 26.7 Å². The summed E-state index contributed by atoms with van der Waals surface area (Å²) in [7, 11) is 0. The number of Topliss-reactive ketones (excluding diaryl/α,β-unsaturated/α-hetero) is 1. The van der Waals surface area contributed by atoms with Crippen LogP contribution in [-0.2, 0) is 4.79 Å². The molecule has 1 aliphatic heterocycles. The van der Waals surface area contributed by atoms with Gasteiger partial charge in [-0.2, -0.15) is 0 Å². The van der Waals surface area contributed by atoms with E-state index in [0.29, 0.717) is 24.2 Å². The molecule has 0 saturated carbocycles. The van der Waals surface area contributed by atoms with Crippen molar-refractivity contribution in [2.45, 2.75) is 46.5 Å². The summed E-state index contributed by atoms with van der Waals surface area (Å²) in [5.74, 6) is 0.321. The smallest absolute Gasteiger partial charge is 0.294 e. The summed E-state index contributed by atoms with van der Waals surface area (Å²) in [5, 5.41) is 2.89. The van der Waals surface area contributed by atoms with Crippen LogP contribution >= 0.6 is 0 Å². The molecule has 154 valence electrons. The van der Waals surface area contributed by atoms with Gasteiger partial charge in [-0.25, -0.2) is 9.78 Å². The van der Waals surface area contributed by atoms with Crippen molar-refractivity contribution in [3.05, 3.63) is 77.0 Å². The second-order valence-electron chi connectivity index (χ2n) is 8.83. The van der Waals surface area contributed by atoms with Crippen LogP contribution in [0, 0.1) is 12.3 Å². The molecule has 2 aromatic rings. The summed E-state index contributed by atoms with van der Waals surface area (Å²) in [6.45, 7) is 7.98. The molecule has 0 spiro atoms. The Morgan fingerprint density at radius 1 is 1.13 bits per heavy atom. The van der Waals surface area contributed by atoms with Gasteiger partial charge in [0.2, 0.25) is 0 Å². The van der Waals surface area contributed by atoms with Crippen molar-refractivity contribution in [1.29, 1.82) is 0 Å². The number of hydrogen-bond acceptors (Lipinski definition) is 4. The van der Waals surface area contributed by atoms with Gasteiger partial charge in [0, 0.05) is 35.8 Å². The molecule has 2 aromatic heterocycles. The summed E-state index contributed by atoms with van der Waals surface area (Å²) < 4.78 is 0. The number of ketones is 1. The highest BCUT2D eigenvalue weighted by atomic mass is 16.2. The van der Waals surface area contributed by atoms with Crippen LogP contribution < -0.4 is 5.32 Å². The summed E-state index contributed by atoms with van der Waals surface area (Å²) in [4.78, 5) is 36.9. The summed E-state index contributed by atoms with van der Waals surface area (Å²) in [5.41, 5.74) is 3.82. The van der Waals surface area contributed by atoms with Gasteiger partial charge in [0.25, 0.3) is 0 Å². The van der Waals surface area contributed by atoms with Crippen molar-refractivity contribution in [2.24, 2.45) is 5.41 Å². The minimum Gasteiger partial charge on any atom is -0.294 e. The number of amides is 2. The van der Waals surface area contributed by atoms with Gasteiger partial charge >= 0.3 is 6.03 Å². The van der Waals surface area contributed by atoms with E-state index in [1.54, 1.807) is 17.3 Å². The van der Waals surface area contributed by atoms with Gasteiger partial charge < -0.3 is 0 Å². The van der Waals surface area contributed by atoms with E-state index in [-0.39, 0.29) is 23.1 Å². The first-order chi connectivity index (χ1) is 14.2. The van der Waals surface area contributed by atoms with Crippen molar-refractivity contribution in [3.63, 3.8) is 0 Å². The molecule has 4 rings (SSSR count). The molecule has 0 bridgehead atoms. The maximum Gasteiger partial charge on any atom is 0.331 e. The zero-order valence-corrected chi connectivity index (χ0v) is 17.8. The summed E-state index contributed by atoms with van der Waals surface area (Å²) in [6, 6.07) is 9.10. The number of allylic oxidation sites excluding steroid dienone is 4. The molecule has 1 atom stereocenters. The Hall–Kier alpha value is -3.28. The van der Waals surface area contributed by atoms with Crippen molar-refractivity contribution in [1.82, 2.24) is 14.9 Å². The highest BCUT2D eigenvalue weighted by molar-refractivity contribution is 6.01. The first-order valence-corrected chi connectivity index (χ1v) is 10.1. The van der Waals surface area contributed by atoms with Crippen LogP contribution in [0.2, 0.25) is 0 Å². The van der Waals surface area contributed by atoms with Gasteiger partial charge in [-0.1, -0.05) is 26.0 Å². The molecular weight excluding hydrogens is 376 g/mol. The number of hydrogen-bond donors (Lipinski definition) is 1. The average Bonchev–Trinajstić information content (AvgIpc) is 2.66. The Bertz CT molecular complexity index is 1070. The molecule has 0 saturated heterocycles. The van der Waals surface area contributed by atoms with E-state index in [1.165, 1.54) is 0 Å². The van der Waals surface area contributed by atoms with Crippen molar-refractivity contribution in [3.8, 4) is 0 Å². The maximum absolute atomic E-state index is 13.3. The van der Waals surface area contributed by atoms with Crippen LogP contribution in [0.5, 0.6) is 0 Å². The predicted molar refractivity (Wildman–Crippen MR) is 116 cm³/mol. The number of nitrogens with one attached hydrogen (secondary N) is 1. The third kappa shape index (κ3) is 3.77. The normalized spacial score (nSPS) is 20.5. The van der Waals surface area contributed by atoms with E-state index >= 15 is 0 Å². The van der Waals surface area contributed by atoms with Crippen molar-refractivity contribution < 1.29 is 9.59 Å². The highest BCUT2D eigenvalue weighted by Gasteiger charge is 2.42. The van der Waals surface area contributed by atoms with Gasteiger partial charge in [0.15, 0.2) is 5.78 Å².